The van der Waals surface area contributed by atoms with Crippen molar-refractivity contribution in [3.8, 4) is 0 Å². The molecule has 1 aromatic heterocycles. The van der Waals surface area contributed by atoms with Gasteiger partial charge in [0.05, 0.1) is 0 Å². The molecule has 27 heavy (non-hydrogen) atoms. The summed E-state index contributed by atoms with van der Waals surface area (Å²) in [5, 5.41) is 8.01. The van der Waals surface area contributed by atoms with Crippen molar-refractivity contribution >= 4 is 45.6 Å². The second-order valence-corrected chi connectivity index (χ2v) is 7.52. The number of hydrogen-bond donors (Lipinski definition) is 2. The highest BCUT2D eigenvalue weighted by Crippen LogP contribution is 2.20. The van der Waals surface area contributed by atoms with Crippen LogP contribution in [0.3, 0.4) is 0 Å². The lowest BCUT2D eigenvalue weighted by atomic mass is 10.0. The molecule has 0 radical (unpaired) electrons. The molecule has 3 aromatic rings. The minimum atomic E-state index is -0.324. The quantitative estimate of drug-likeness (QED) is 0.601. The summed E-state index contributed by atoms with van der Waals surface area (Å²) in [7, 11) is 0. The van der Waals surface area contributed by atoms with Crippen molar-refractivity contribution < 1.29 is 9.59 Å². The first-order chi connectivity index (χ1) is 12.9. The number of aromatic nitrogens is 1. The first-order valence-corrected chi connectivity index (χ1v) is 9.62. The van der Waals surface area contributed by atoms with Crippen molar-refractivity contribution in [2.75, 3.05) is 10.6 Å². The summed E-state index contributed by atoms with van der Waals surface area (Å²) in [4.78, 5) is 28.7. The lowest BCUT2D eigenvalue weighted by Gasteiger charge is -2.07. The van der Waals surface area contributed by atoms with Crippen LogP contribution < -0.4 is 10.6 Å². The Morgan fingerprint density at radius 3 is 2.26 bits per heavy atom. The lowest BCUT2D eigenvalue weighted by Crippen LogP contribution is -2.14. The fraction of sp³-hybridized carbons (Fsp3) is 0.150. The molecule has 0 aliphatic heterocycles. The SMILES string of the molecule is CC(C)c1ccc(NC(=O)c2csc(NC(=O)c3ccc(Cl)cc3)n2)cc1. The Kier molecular flexibility index (Phi) is 5.88. The molecule has 5 nitrogen and oxygen atoms in total. The summed E-state index contributed by atoms with van der Waals surface area (Å²) in [5.74, 6) is -0.201. The van der Waals surface area contributed by atoms with Crippen molar-refractivity contribution in [3.05, 3.63) is 75.8 Å². The molecule has 2 aromatic carbocycles. The molecule has 0 unspecified atom stereocenters. The van der Waals surface area contributed by atoms with Crippen LogP contribution in [0.5, 0.6) is 0 Å². The van der Waals surface area contributed by atoms with E-state index in [1.807, 2.05) is 24.3 Å². The van der Waals surface area contributed by atoms with Gasteiger partial charge in [-0.2, -0.15) is 0 Å². The van der Waals surface area contributed by atoms with Crippen LogP contribution in [-0.2, 0) is 0 Å². The van der Waals surface area contributed by atoms with Crippen molar-refractivity contribution in [1.82, 2.24) is 4.98 Å². The average molecular weight is 400 g/mol. The van der Waals surface area contributed by atoms with E-state index >= 15 is 0 Å². The van der Waals surface area contributed by atoms with Crippen molar-refractivity contribution in [2.45, 2.75) is 19.8 Å². The molecule has 0 aliphatic rings. The Hall–Kier alpha value is -2.70. The average Bonchev–Trinajstić information content (AvgIpc) is 3.11. The number of carbonyl (C=O) groups is 2. The minimum absolute atomic E-state index is 0.249. The van der Waals surface area contributed by atoms with E-state index in [2.05, 4.69) is 29.5 Å². The molecule has 0 aliphatic carbocycles. The summed E-state index contributed by atoms with van der Waals surface area (Å²) >= 11 is 7.01. The smallest absolute Gasteiger partial charge is 0.275 e. The predicted molar refractivity (Wildman–Crippen MR) is 110 cm³/mol. The molecule has 0 spiro atoms. The van der Waals surface area contributed by atoms with Crippen LogP contribution in [0.1, 0.15) is 46.2 Å². The third-order valence-electron chi connectivity index (χ3n) is 3.90. The highest BCUT2D eigenvalue weighted by atomic mass is 35.5. The van der Waals surface area contributed by atoms with Crippen LogP contribution >= 0.6 is 22.9 Å². The maximum atomic E-state index is 12.3. The van der Waals surface area contributed by atoms with Gasteiger partial charge in [-0.15, -0.1) is 11.3 Å². The van der Waals surface area contributed by atoms with Gasteiger partial charge in [-0.1, -0.05) is 37.6 Å². The molecule has 0 saturated heterocycles. The second-order valence-electron chi connectivity index (χ2n) is 6.23. The van der Waals surface area contributed by atoms with E-state index in [1.54, 1.807) is 29.6 Å². The van der Waals surface area contributed by atoms with Crippen LogP contribution in [0.4, 0.5) is 10.8 Å². The molecule has 0 saturated carbocycles. The van der Waals surface area contributed by atoms with Gasteiger partial charge >= 0.3 is 0 Å². The number of carbonyl (C=O) groups excluding carboxylic acids is 2. The molecule has 1 heterocycles. The van der Waals surface area contributed by atoms with Gasteiger partial charge in [-0.05, 0) is 47.9 Å². The number of nitrogens with zero attached hydrogens (tertiary/aromatic N) is 1. The summed E-state index contributed by atoms with van der Waals surface area (Å²) in [6, 6.07) is 14.2. The van der Waals surface area contributed by atoms with Crippen molar-refractivity contribution in [1.29, 1.82) is 0 Å². The zero-order valence-electron chi connectivity index (χ0n) is 14.8. The number of rotatable bonds is 5. The Bertz CT molecular complexity index is 950. The lowest BCUT2D eigenvalue weighted by molar-refractivity contribution is 0.101. The van der Waals surface area contributed by atoms with E-state index in [0.29, 0.717) is 27.3 Å². The van der Waals surface area contributed by atoms with Gasteiger partial charge in [0.25, 0.3) is 11.8 Å². The van der Waals surface area contributed by atoms with E-state index in [9.17, 15) is 9.59 Å². The Morgan fingerprint density at radius 2 is 1.63 bits per heavy atom. The van der Waals surface area contributed by atoms with Gasteiger partial charge in [-0.3, -0.25) is 14.9 Å². The molecule has 7 heteroatoms. The molecule has 2 N–H and O–H groups in total. The number of halogens is 1. The van der Waals surface area contributed by atoms with Crippen molar-refractivity contribution in [3.63, 3.8) is 0 Å². The Balaban J connectivity index is 1.63. The molecule has 0 fully saturated rings. The number of anilines is 2. The van der Waals surface area contributed by atoms with Crippen LogP contribution in [0.25, 0.3) is 0 Å². The summed E-state index contributed by atoms with van der Waals surface area (Å²) in [5.41, 5.74) is 2.61. The number of thiazole rings is 1. The topological polar surface area (TPSA) is 71.1 Å². The fourth-order valence-electron chi connectivity index (χ4n) is 2.35. The van der Waals surface area contributed by atoms with Gasteiger partial charge in [0, 0.05) is 21.7 Å². The summed E-state index contributed by atoms with van der Waals surface area (Å²) < 4.78 is 0. The highest BCUT2D eigenvalue weighted by Gasteiger charge is 2.14. The third kappa shape index (κ3) is 4.93. The van der Waals surface area contributed by atoms with Crippen LogP contribution in [0.2, 0.25) is 5.02 Å². The summed E-state index contributed by atoms with van der Waals surface area (Å²) in [6.07, 6.45) is 0. The molecule has 0 bridgehead atoms. The number of benzene rings is 2. The van der Waals surface area contributed by atoms with E-state index in [-0.39, 0.29) is 17.5 Å². The first kappa shape index (κ1) is 19.1. The molecule has 138 valence electrons. The molecule has 3 rings (SSSR count). The molecular weight excluding hydrogens is 382 g/mol. The summed E-state index contributed by atoms with van der Waals surface area (Å²) in [6.45, 7) is 4.23. The highest BCUT2D eigenvalue weighted by molar-refractivity contribution is 7.14. The minimum Gasteiger partial charge on any atom is -0.321 e. The zero-order valence-corrected chi connectivity index (χ0v) is 16.4. The predicted octanol–water partition coefficient (Wildman–Crippen LogP) is 5.42. The number of amides is 2. The maximum absolute atomic E-state index is 12.3. The van der Waals surface area contributed by atoms with Crippen molar-refractivity contribution in [2.24, 2.45) is 0 Å². The Morgan fingerprint density at radius 1 is 0.963 bits per heavy atom. The van der Waals surface area contributed by atoms with Crippen LogP contribution in [-0.4, -0.2) is 16.8 Å². The van der Waals surface area contributed by atoms with E-state index < -0.39 is 0 Å². The van der Waals surface area contributed by atoms with Gasteiger partial charge < -0.3 is 5.32 Å². The maximum Gasteiger partial charge on any atom is 0.275 e. The standard InChI is InChI=1S/C20H18ClN3O2S/c1-12(2)13-5-9-16(10-6-13)22-19(26)17-11-27-20(23-17)24-18(25)14-3-7-15(21)8-4-14/h3-12H,1-2H3,(H,22,26)(H,23,24,25). The van der Waals surface area contributed by atoms with E-state index in [1.165, 1.54) is 16.9 Å². The monoisotopic (exact) mass is 399 g/mol. The van der Waals surface area contributed by atoms with Crippen LogP contribution in [0.15, 0.2) is 53.9 Å². The van der Waals surface area contributed by atoms with Gasteiger partial charge in [-0.25, -0.2) is 4.98 Å². The third-order valence-corrected chi connectivity index (χ3v) is 4.91. The zero-order chi connectivity index (χ0) is 19.4. The number of hydrogen-bond acceptors (Lipinski definition) is 4. The van der Waals surface area contributed by atoms with Crippen LogP contribution in [0, 0.1) is 0 Å². The van der Waals surface area contributed by atoms with Gasteiger partial charge in [0.2, 0.25) is 0 Å². The second kappa shape index (κ2) is 8.33. The normalized spacial score (nSPS) is 10.7. The molecule has 2 amide bonds. The fourth-order valence-corrected chi connectivity index (χ4v) is 3.16. The Labute approximate surface area is 166 Å². The molecular formula is C20H18ClN3O2S. The number of nitrogens with one attached hydrogen (secondary N) is 2. The van der Waals surface area contributed by atoms with Gasteiger partial charge in [0.15, 0.2) is 5.13 Å². The largest absolute Gasteiger partial charge is 0.321 e. The van der Waals surface area contributed by atoms with Gasteiger partial charge in [0.1, 0.15) is 5.69 Å². The molecule has 0 atom stereocenters. The van der Waals surface area contributed by atoms with E-state index in [0.717, 1.165) is 0 Å². The van der Waals surface area contributed by atoms with E-state index in [4.69, 9.17) is 11.6 Å². The first-order valence-electron chi connectivity index (χ1n) is 8.36.